The van der Waals surface area contributed by atoms with Gasteiger partial charge in [0, 0.05) is 17.2 Å². The minimum absolute atomic E-state index is 0.0725. The van der Waals surface area contributed by atoms with Crippen LogP contribution in [0.25, 0.3) is 22.3 Å². The van der Waals surface area contributed by atoms with Gasteiger partial charge in [-0.2, -0.15) is 0 Å². The molecule has 10 atom stereocenters. The number of aliphatic hydroxyl groups excluding tert-OH is 7. The van der Waals surface area contributed by atoms with Crippen LogP contribution in [0.1, 0.15) is 26.3 Å². The Labute approximate surface area is 274 Å². The molecular formula is C33H40O15. The van der Waals surface area contributed by atoms with E-state index in [2.05, 4.69) is 0 Å². The lowest BCUT2D eigenvalue weighted by atomic mass is 9.99. The van der Waals surface area contributed by atoms with Crippen molar-refractivity contribution in [1.82, 2.24) is 0 Å². The molecule has 0 saturated carbocycles. The van der Waals surface area contributed by atoms with Crippen LogP contribution in [0.15, 0.2) is 51.2 Å². The second-order valence-corrected chi connectivity index (χ2v) is 12.0. The van der Waals surface area contributed by atoms with Crippen LogP contribution in [-0.2, 0) is 15.9 Å². The van der Waals surface area contributed by atoms with Gasteiger partial charge in [0.1, 0.15) is 70.9 Å². The molecule has 0 amide bonds. The van der Waals surface area contributed by atoms with E-state index in [1.54, 1.807) is 30.3 Å². The lowest BCUT2D eigenvalue weighted by Gasteiger charge is -2.39. The summed E-state index contributed by atoms with van der Waals surface area (Å²) in [4.78, 5) is 14.3. The summed E-state index contributed by atoms with van der Waals surface area (Å²) in [6.45, 7) is 4.40. The van der Waals surface area contributed by atoms with Crippen molar-refractivity contribution in [2.75, 3.05) is 13.7 Å². The monoisotopic (exact) mass is 676 g/mol. The summed E-state index contributed by atoms with van der Waals surface area (Å²) in [6, 6.07) is 7.41. The third-order valence-corrected chi connectivity index (χ3v) is 8.37. The molecule has 2 aliphatic heterocycles. The molecule has 0 spiro atoms. The highest BCUT2D eigenvalue weighted by Crippen LogP contribution is 2.41. The van der Waals surface area contributed by atoms with Crippen LogP contribution >= 0.6 is 0 Å². The van der Waals surface area contributed by atoms with Crippen molar-refractivity contribution in [3.05, 3.63) is 57.8 Å². The smallest absolute Gasteiger partial charge is 0.239 e. The Bertz CT molecular complexity index is 1680. The molecule has 8 N–H and O–H groups in total. The van der Waals surface area contributed by atoms with Gasteiger partial charge in [-0.05, 0) is 51.5 Å². The van der Waals surface area contributed by atoms with E-state index in [-0.39, 0.29) is 34.5 Å². The average molecular weight is 677 g/mol. The van der Waals surface area contributed by atoms with E-state index in [0.717, 1.165) is 11.6 Å². The van der Waals surface area contributed by atoms with Gasteiger partial charge in [0.25, 0.3) is 0 Å². The Balaban J connectivity index is 1.71. The van der Waals surface area contributed by atoms with E-state index in [4.69, 9.17) is 28.1 Å². The maximum Gasteiger partial charge on any atom is 0.239 e. The highest BCUT2D eigenvalue weighted by atomic mass is 16.7. The van der Waals surface area contributed by atoms with Crippen LogP contribution < -0.4 is 19.6 Å². The molecule has 0 aliphatic carbocycles. The van der Waals surface area contributed by atoms with E-state index in [0.29, 0.717) is 11.3 Å². The van der Waals surface area contributed by atoms with Crippen molar-refractivity contribution in [3.8, 4) is 34.3 Å². The maximum atomic E-state index is 14.3. The van der Waals surface area contributed by atoms with Crippen molar-refractivity contribution in [2.24, 2.45) is 0 Å². The third kappa shape index (κ3) is 6.74. The fraction of sp³-hybridized carbons (Fsp3) is 0.485. The summed E-state index contributed by atoms with van der Waals surface area (Å²) in [7, 11) is 1.47. The van der Waals surface area contributed by atoms with Gasteiger partial charge in [-0.15, -0.1) is 0 Å². The first-order valence-corrected chi connectivity index (χ1v) is 15.2. The topological polar surface area (TPSA) is 238 Å². The molecule has 2 aromatic carbocycles. The first-order chi connectivity index (χ1) is 22.8. The lowest BCUT2D eigenvalue weighted by molar-refractivity contribution is -0.277. The molecule has 15 heteroatoms. The first-order valence-electron chi connectivity index (χ1n) is 15.2. The molecule has 3 heterocycles. The molecule has 15 nitrogen and oxygen atoms in total. The number of aromatic hydroxyl groups is 1. The molecule has 5 rings (SSSR count). The Hall–Kier alpha value is -3.77. The van der Waals surface area contributed by atoms with Gasteiger partial charge < -0.3 is 69.0 Å². The molecule has 2 fully saturated rings. The van der Waals surface area contributed by atoms with Gasteiger partial charge >= 0.3 is 0 Å². The van der Waals surface area contributed by atoms with Gasteiger partial charge in [-0.1, -0.05) is 11.6 Å². The summed E-state index contributed by atoms with van der Waals surface area (Å²) in [5.74, 6) is -0.922. The number of fused-ring (bicyclic) bond motifs is 1. The number of benzene rings is 2. The minimum Gasteiger partial charge on any atom is -0.507 e. The van der Waals surface area contributed by atoms with Crippen LogP contribution in [0, 0.1) is 0 Å². The minimum atomic E-state index is -1.77. The summed E-state index contributed by atoms with van der Waals surface area (Å²) in [6.07, 6.45) is -13.7. The Morgan fingerprint density at radius 2 is 1.50 bits per heavy atom. The van der Waals surface area contributed by atoms with E-state index in [1.807, 2.05) is 13.8 Å². The fourth-order valence-corrected chi connectivity index (χ4v) is 5.52. The molecule has 0 radical (unpaired) electrons. The number of aliphatic hydroxyl groups is 7. The first kappa shape index (κ1) is 35.5. The summed E-state index contributed by atoms with van der Waals surface area (Å²) < 4.78 is 34.5. The SMILES string of the molecule is COc1ccc(-c2oc3c(CC=C(C)C)c(O[C@@H]4O[C@H](CO)[C@H](O)[C@H](O)[C@@H]4O)cc(O)c3c(=O)c2O[C@@H]2O[C@@H](C)[C@H](O)[C@@H](O)[C@H]2O)cc1. The Morgan fingerprint density at radius 3 is 2.10 bits per heavy atom. The summed E-state index contributed by atoms with van der Waals surface area (Å²) in [5, 5.41) is 82.9. The molecule has 3 aromatic rings. The number of phenolic OH excluding ortho intramolecular Hbond substituents is 1. The number of rotatable bonds is 9. The molecule has 1 aromatic heterocycles. The van der Waals surface area contributed by atoms with Crippen molar-refractivity contribution >= 4 is 11.0 Å². The van der Waals surface area contributed by atoms with Gasteiger partial charge in [0.2, 0.25) is 23.8 Å². The maximum absolute atomic E-state index is 14.3. The highest BCUT2D eigenvalue weighted by molar-refractivity contribution is 5.91. The highest BCUT2D eigenvalue weighted by Gasteiger charge is 2.46. The van der Waals surface area contributed by atoms with E-state index in [1.165, 1.54) is 14.0 Å². The fourth-order valence-electron chi connectivity index (χ4n) is 5.52. The number of allylic oxidation sites excluding steroid dienone is 2. The second-order valence-electron chi connectivity index (χ2n) is 12.0. The van der Waals surface area contributed by atoms with Crippen LogP contribution in [0.2, 0.25) is 0 Å². The number of hydrogen-bond donors (Lipinski definition) is 8. The normalized spacial score (nSPS) is 30.6. The zero-order valence-corrected chi connectivity index (χ0v) is 26.6. The Kier molecular flexibility index (Phi) is 10.6. The molecular weight excluding hydrogens is 636 g/mol. The quantitative estimate of drug-likeness (QED) is 0.140. The molecule has 0 bridgehead atoms. The van der Waals surface area contributed by atoms with E-state index >= 15 is 0 Å². The summed E-state index contributed by atoms with van der Waals surface area (Å²) >= 11 is 0. The van der Waals surface area contributed by atoms with Gasteiger partial charge in [0.15, 0.2) is 5.76 Å². The Morgan fingerprint density at radius 1 is 0.875 bits per heavy atom. The van der Waals surface area contributed by atoms with Crippen molar-refractivity contribution in [3.63, 3.8) is 0 Å². The average Bonchev–Trinajstić information content (AvgIpc) is 3.06. The van der Waals surface area contributed by atoms with Gasteiger partial charge in [-0.3, -0.25) is 4.79 Å². The summed E-state index contributed by atoms with van der Waals surface area (Å²) in [5.41, 5.74) is 0.341. The van der Waals surface area contributed by atoms with Crippen molar-refractivity contribution in [1.29, 1.82) is 0 Å². The second kappa shape index (κ2) is 14.4. The van der Waals surface area contributed by atoms with Crippen LogP contribution in [-0.4, -0.2) is 116 Å². The van der Waals surface area contributed by atoms with E-state index in [9.17, 15) is 45.6 Å². The number of methoxy groups -OCH3 is 1. The van der Waals surface area contributed by atoms with Gasteiger partial charge in [0.05, 0.1) is 19.8 Å². The number of ether oxygens (including phenoxy) is 5. The number of phenols is 1. The largest absolute Gasteiger partial charge is 0.507 e. The predicted molar refractivity (Wildman–Crippen MR) is 167 cm³/mol. The van der Waals surface area contributed by atoms with Crippen LogP contribution in [0.5, 0.6) is 23.0 Å². The zero-order chi connectivity index (χ0) is 35.0. The van der Waals surface area contributed by atoms with Crippen LogP contribution in [0.3, 0.4) is 0 Å². The molecule has 2 aliphatic rings. The number of hydrogen-bond acceptors (Lipinski definition) is 15. The molecule has 0 unspecified atom stereocenters. The van der Waals surface area contributed by atoms with Crippen molar-refractivity contribution in [2.45, 2.75) is 88.6 Å². The standard InChI is InChI=1S/C33H40O15/c1-13(2)5-10-17-19(45-33-28(42)26(40)23(37)20(12-34)46-33)11-18(35)21-24(38)31(48-32-27(41)25(39)22(36)14(3)44-32)29(47-30(17)21)15-6-8-16(43-4)9-7-15/h5-9,11,14,20,22-23,25-28,32-37,39-42H,10,12H2,1-4H3/t14-,20+,22-,23-,25+,26-,27+,28-,32-,33+/m0/s1. The van der Waals surface area contributed by atoms with Crippen LogP contribution in [0.4, 0.5) is 0 Å². The zero-order valence-electron chi connectivity index (χ0n) is 26.6. The molecule has 48 heavy (non-hydrogen) atoms. The third-order valence-electron chi connectivity index (χ3n) is 8.37. The van der Waals surface area contributed by atoms with Crippen molar-refractivity contribution < 1.29 is 69.0 Å². The lowest BCUT2D eigenvalue weighted by Crippen LogP contribution is -2.60. The molecule has 2 saturated heterocycles. The van der Waals surface area contributed by atoms with Gasteiger partial charge in [-0.25, -0.2) is 0 Å². The predicted octanol–water partition coefficient (Wildman–Crippen LogP) is 0.0679. The molecule has 262 valence electrons. The van der Waals surface area contributed by atoms with E-state index < -0.39 is 84.9 Å².